The Morgan fingerprint density at radius 3 is 2.31 bits per heavy atom. The highest BCUT2D eigenvalue weighted by atomic mass is 31.2. The van der Waals surface area contributed by atoms with Gasteiger partial charge in [-0.25, -0.2) is 9.09 Å². The molecule has 2 atom stereocenters. The molecule has 2 unspecified atom stereocenters. The Morgan fingerprint density at radius 2 is 1.58 bits per heavy atom. The van der Waals surface area contributed by atoms with Gasteiger partial charge in [0.1, 0.15) is 5.82 Å². The highest BCUT2D eigenvalue weighted by molar-refractivity contribution is 7.49. The molecule has 7 heteroatoms. The Labute approximate surface area is 157 Å². The number of aryl methyl sites for hydroxylation is 1. The van der Waals surface area contributed by atoms with Crippen molar-refractivity contribution in [2.75, 3.05) is 0 Å². The number of fused-ring (bicyclic) bond motifs is 1. The van der Waals surface area contributed by atoms with E-state index in [4.69, 9.17) is 13.6 Å². The molecule has 2 bridgehead atoms. The van der Waals surface area contributed by atoms with E-state index in [2.05, 4.69) is 18.8 Å². The van der Waals surface area contributed by atoms with Crippen molar-refractivity contribution < 1.29 is 18.1 Å². The Hall–Kier alpha value is -1.00. The zero-order valence-electron chi connectivity index (χ0n) is 16.2. The lowest BCUT2D eigenvalue weighted by atomic mass is 10.1. The fraction of sp³-hybridized carbons (Fsp3) is 0.842. The Morgan fingerprint density at radius 1 is 0.923 bits per heavy atom. The topological polar surface area (TPSA) is 62.6 Å². The molecule has 2 aliphatic heterocycles. The first-order valence-corrected chi connectivity index (χ1v) is 11.9. The summed E-state index contributed by atoms with van der Waals surface area (Å²) in [4.78, 5) is 4.54. The van der Waals surface area contributed by atoms with E-state index in [1.807, 2.05) is 4.57 Å². The molecule has 0 fully saturated rings. The fourth-order valence-electron chi connectivity index (χ4n) is 3.69. The summed E-state index contributed by atoms with van der Waals surface area (Å²) in [5, 5.41) is 0. The van der Waals surface area contributed by atoms with Crippen LogP contribution in [0.3, 0.4) is 0 Å². The lowest BCUT2D eigenvalue weighted by Gasteiger charge is -2.27. The van der Waals surface area contributed by atoms with Gasteiger partial charge in [-0.2, -0.15) is 4.98 Å². The summed E-state index contributed by atoms with van der Waals surface area (Å²) in [5.74, 6) is 1.80. The molecule has 1 aromatic heterocycles. The van der Waals surface area contributed by atoms with Crippen LogP contribution in [-0.2, 0) is 15.5 Å². The number of imidazole rings is 1. The van der Waals surface area contributed by atoms with Gasteiger partial charge >= 0.3 is 7.82 Å². The minimum Gasteiger partial charge on any atom is -0.372 e. The number of phosphoric acid groups is 1. The molecule has 3 heterocycles. The second-order valence-corrected chi connectivity index (χ2v) is 8.89. The molecule has 0 spiro atoms. The average Bonchev–Trinajstić information content (AvgIpc) is 3.06. The van der Waals surface area contributed by atoms with Gasteiger partial charge in [0.05, 0.1) is 0 Å². The van der Waals surface area contributed by atoms with Crippen molar-refractivity contribution in [2.24, 2.45) is 0 Å². The Kier molecular flexibility index (Phi) is 7.05. The number of hydrogen-bond acceptors (Lipinski definition) is 5. The minimum atomic E-state index is -3.47. The van der Waals surface area contributed by atoms with Gasteiger partial charge in [-0.3, -0.25) is 4.57 Å². The molecule has 3 rings (SSSR count). The van der Waals surface area contributed by atoms with Crippen molar-refractivity contribution in [3.8, 4) is 11.8 Å². The standard InChI is InChI=1S/C19H33N2O4P/c1-3-5-7-9-11-12-14-16-20-18-19-21(16)17(15-13-10-8-6-4-2)23-26(22,24-18)25-19/h17H,3-15H2,1-2H3. The predicted octanol–water partition coefficient (Wildman–Crippen LogP) is 6.55. The maximum Gasteiger partial charge on any atom is 0.592 e. The maximum absolute atomic E-state index is 12.4. The molecule has 1 aromatic rings. The Bertz CT molecular complexity index is 631. The summed E-state index contributed by atoms with van der Waals surface area (Å²) in [5.41, 5.74) is 0. The molecular formula is C19H33N2O4P. The van der Waals surface area contributed by atoms with E-state index in [0.717, 1.165) is 31.5 Å². The van der Waals surface area contributed by atoms with E-state index in [-0.39, 0.29) is 6.23 Å². The van der Waals surface area contributed by atoms with E-state index in [1.165, 1.54) is 57.8 Å². The van der Waals surface area contributed by atoms with Crippen LogP contribution in [0.15, 0.2) is 0 Å². The molecule has 148 valence electrons. The summed E-state index contributed by atoms with van der Waals surface area (Å²) in [7, 11) is -3.47. The van der Waals surface area contributed by atoms with Crippen molar-refractivity contribution in [3.63, 3.8) is 0 Å². The Balaban J connectivity index is 1.57. The van der Waals surface area contributed by atoms with Crippen LogP contribution in [0.5, 0.6) is 11.8 Å². The molecule has 26 heavy (non-hydrogen) atoms. The molecule has 0 N–H and O–H groups in total. The van der Waals surface area contributed by atoms with Crippen molar-refractivity contribution in [1.82, 2.24) is 9.55 Å². The average molecular weight is 384 g/mol. The van der Waals surface area contributed by atoms with Gasteiger partial charge in [-0.1, -0.05) is 71.6 Å². The summed E-state index contributed by atoms with van der Waals surface area (Å²) in [6, 6.07) is 0. The lowest BCUT2D eigenvalue weighted by Crippen LogP contribution is -2.21. The van der Waals surface area contributed by atoms with Crippen LogP contribution in [0.2, 0.25) is 0 Å². The smallest absolute Gasteiger partial charge is 0.372 e. The van der Waals surface area contributed by atoms with Crippen molar-refractivity contribution in [3.05, 3.63) is 5.82 Å². The van der Waals surface area contributed by atoms with Crippen LogP contribution in [-0.4, -0.2) is 9.55 Å². The first kappa shape index (κ1) is 19.8. The van der Waals surface area contributed by atoms with Crippen molar-refractivity contribution in [1.29, 1.82) is 0 Å². The number of hydrogen-bond donors (Lipinski definition) is 0. The van der Waals surface area contributed by atoms with Crippen LogP contribution >= 0.6 is 7.82 Å². The van der Waals surface area contributed by atoms with Gasteiger partial charge < -0.3 is 9.05 Å². The number of aromatic nitrogens is 2. The molecule has 0 amide bonds. The highest BCUT2D eigenvalue weighted by Crippen LogP contribution is 2.65. The van der Waals surface area contributed by atoms with Gasteiger partial charge in [-0.15, -0.1) is 0 Å². The van der Waals surface area contributed by atoms with Gasteiger partial charge in [-0.05, 0) is 19.3 Å². The molecule has 0 radical (unpaired) electrons. The van der Waals surface area contributed by atoms with Gasteiger partial charge in [0.25, 0.3) is 11.8 Å². The van der Waals surface area contributed by atoms with E-state index < -0.39 is 7.82 Å². The normalized spacial score (nSPS) is 23.1. The second-order valence-electron chi connectivity index (χ2n) is 7.42. The zero-order valence-corrected chi connectivity index (χ0v) is 17.1. The van der Waals surface area contributed by atoms with Crippen molar-refractivity contribution in [2.45, 2.75) is 104 Å². The number of nitrogens with zero attached hydrogens (tertiary/aromatic N) is 2. The van der Waals surface area contributed by atoms with Crippen molar-refractivity contribution >= 4 is 7.82 Å². The number of unbranched alkanes of at least 4 members (excludes halogenated alkanes) is 9. The van der Waals surface area contributed by atoms with E-state index >= 15 is 0 Å². The molecule has 0 aromatic carbocycles. The van der Waals surface area contributed by atoms with E-state index in [0.29, 0.717) is 11.8 Å². The molecule has 2 aliphatic rings. The van der Waals surface area contributed by atoms with Crippen LogP contribution in [0.1, 0.15) is 103 Å². The van der Waals surface area contributed by atoms with Gasteiger partial charge in [0, 0.05) is 6.42 Å². The molecule has 6 nitrogen and oxygen atoms in total. The third-order valence-electron chi connectivity index (χ3n) is 5.15. The van der Waals surface area contributed by atoms with E-state index in [1.54, 1.807) is 0 Å². The van der Waals surface area contributed by atoms with Crippen LogP contribution in [0.25, 0.3) is 0 Å². The van der Waals surface area contributed by atoms with Crippen LogP contribution < -0.4 is 9.05 Å². The predicted molar refractivity (Wildman–Crippen MR) is 102 cm³/mol. The van der Waals surface area contributed by atoms with Crippen LogP contribution in [0, 0.1) is 0 Å². The summed E-state index contributed by atoms with van der Waals surface area (Å²) < 4.78 is 31.0. The minimum absolute atomic E-state index is 0.273. The molecule has 0 saturated carbocycles. The zero-order chi connectivity index (χ0) is 18.4. The quantitative estimate of drug-likeness (QED) is 0.285. The molecular weight excluding hydrogens is 351 g/mol. The first-order valence-electron chi connectivity index (χ1n) is 10.5. The summed E-state index contributed by atoms with van der Waals surface area (Å²) in [6.45, 7) is 4.45. The SMILES string of the molecule is CCCCCCCCc1nc2c3n1C(CCCCCCC)OP(=O)(O2)O3. The molecule has 0 aliphatic carbocycles. The first-order chi connectivity index (χ1) is 12.7. The largest absolute Gasteiger partial charge is 0.592 e. The second kappa shape index (κ2) is 9.27. The van der Waals surface area contributed by atoms with Gasteiger partial charge in [0.2, 0.25) is 0 Å². The van der Waals surface area contributed by atoms with Crippen LogP contribution in [0.4, 0.5) is 0 Å². The highest BCUT2D eigenvalue weighted by Gasteiger charge is 2.51. The third kappa shape index (κ3) is 4.64. The number of rotatable bonds is 13. The summed E-state index contributed by atoms with van der Waals surface area (Å²) in [6.07, 6.45) is 14.8. The summed E-state index contributed by atoms with van der Waals surface area (Å²) >= 11 is 0. The third-order valence-corrected chi connectivity index (χ3v) is 6.45. The maximum atomic E-state index is 12.4. The number of phosphoric ester groups is 1. The lowest BCUT2D eigenvalue weighted by molar-refractivity contribution is 0.0591. The van der Waals surface area contributed by atoms with Gasteiger partial charge in [0.15, 0.2) is 6.23 Å². The fourth-order valence-corrected chi connectivity index (χ4v) is 5.02. The van der Waals surface area contributed by atoms with E-state index in [9.17, 15) is 4.57 Å². The monoisotopic (exact) mass is 384 g/mol. The molecule has 0 saturated heterocycles.